The minimum absolute atomic E-state index is 1.03. The van der Waals surface area contributed by atoms with Crippen LogP contribution in [0.1, 0.15) is 5.01 Å². The summed E-state index contributed by atoms with van der Waals surface area (Å²) < 4.78 is 1.23. The summed E-state index contributed by atoms with van der Waals surface area (Å²) in [5.74, 6) is 0. The van der Waals surface area contributed by atoms with Gasteiger partial charge in [0.05, 0.1) is 10.2 Å². The Balaban J connectivity index is 1.82. The molecule has 2 aromatic carbocycles. The highest BCUT2D eigenvalue weighted by atomic mass is 32.1. The van der Waals surface area contributed by atoms with Crippen molar-refractivity contribution < 1.29 is 0 Å². The number of fused-ring (bicyclic) bond motifs is 1. The largest absolute Gasteiger partial charge is 0.351 e. The molecule has 0 unspecified atom stereocenters. The molecule has 2 nitrogen and oxygen atoms in total. The van der Waals surface area contributed by atoms with Gasteiger partial charge in [-0.2, -0.15) is 0 Å². The van der Waals surface area contributed by atoms with Crippen LogP contribution in [0.2, 0.25) is 0 Å². The summed E-state index contributed by atoms with van der Waals surface area (Å²) in [6, 6.07) is 18.5. The van der Waals surface area contributed by atoms with Crippen molar-refractivity contribution in [3.05, 3.63) is 65.8 Å². The number of nitrogens with zero attached hydrogens (tertiary/aromatic N) is 2. The van der Waals surface area contributed by atoms with E-state index in [9.17, 15) is 0 Å². The molecule has 0 aliphatic rings. The van der Waals surface area contributed by atoms with Gasteiger partial charge in [-0.1, -0.05) is 30.3 Å². The molecule has 0 spiro atoms. The zero-order valence-electron chi connectivity index (χ0n) is 10.7. The zero-order valence-corrected chi connectivity index (χ0v) is 11.5. The predicted octanol–water partition coefficient (Wildman–Crippen LogP) is 4.40. The van der Waals surface area contributed by atoms with Gasteiger partial charge in [-0.15, -0.1) is 11.3 Å². The van der Waals surface area contributed by atoms with Crippen molar-refractivity contribution in [3.8, 4) is 0 Å². The van der Waals surface area contributed by atoms with E-state index in [-0.39, 0.29) is 0 Å². The highest BCUT2D eigenvalue weighted by Gasteiger charge is 2.00. The maximum Gasteiger partial charge on any atom is 0.118 e. The quantitative estimate of drug-likeness (QED) is 0.698. The first kappa shape index (κ1) is 11.9. The fraction of sp³-hybridized carbons (Fsp3) is 0.0625. The second-order valence-electron chi connectivity index (χ2n) is 4.28. The van der Waals surface area contributed by atoms with Crippen LogP contribution in [0.15, 0.2) is 60.8 Å². The molecular formula is C16H14N2S. The monoisotopic (exact) mass is 266 g/mol. The normalized spacial score (nSPS) is 11.2. The van der Waals surface area contributed by atoms with Crippen molar-refractivity contribution >= 4 is 33.3 Å². The highest BCUT2D eigenvalue weighted by molar-refractivity contribution is 7.19. The van der Waals surface area contributed by atoms with Crippen molar-refractivity contribution in [1.29, 1.82) is 0 Å². The molecule has 3 heteroatoms. The van der Waals surface area contributed by atoms with Crippen molar-refractivity contribution in [2.45, 2.75) is 0 Å². The smallest absolute Gasteiger partial charge is 0.118 e. The summed E-state index contributed by atoms with van der Waals surface area (Å²) in [6.45, 7) is 0. The fourth-order valence-corrected chi connectivity index (χ4v) is 2.75. The lowest BCUT2D eigenvalue weighted by Gasteiger charge is -2.12. The number of aromatic nitrogens is 1. The Morgan fingerprint density at radius 2 is 1.74 bits per heavy atom. The number of benzene rings is 2. The lowest BCUT2D eigenvalue weighted by Crippen LogP contribution is -2.06. The Bertz CT molecular complexity index is 668. The molecule has 0 saturated heterocycles. The van der Waals surface area contributed by atoms with Crippen LogP contribution in [0.25, 0.3) is 16.3 Å². The van der Waals surface area contributed by atoms with E-state index in [1.807, 2.05) is 49.6 Å². The Hall–Kier alpha value is -2.13. The van der Waals surface area contributed by atoms with Gasteiger partial charge in [0, 0.05) is 18.9 Å². The minimum atomic E-state index is 1.03. The van der Waals surface area contributed by atoms with Gasteiger partial charge in [-0.05, 0) is 30.3 Å². The molecule has 0 aliphatic heterocycles. The van der Waals surface area contributed by atoms with E-state index < -0.39 is 0 Å². The van der Waals surface area contributed by atoms with Gasteiger partial charge in [0.2, 0.25) is 0 Å². The summed E-state index contributed by atoms with van der Waals surface area (Å²) in [6.07, 6.45) is 4.10. The van der Waals surface area contributed by atoms with Crippen LogP contribution in [0.5, 0.6) is 0 Å². The molecule has 0 N–H and O–H groups in total. The molecule has 0 fully saturated rings. The van der Waals surface area contributed by atoms with Crippen LogP contribution < -0.4 is 4.90 Å². The fourth-order valence-electron chi connectivity index (χ4n) is 1.89. The van der Waals surface area contributed by atoms with Gasteiger partial charge < -0.3 is 4.90 Å². The summed E-state index contributed by atoms with van der Waals surface area (Å²) >= 11 is 1.71. The van der Waals surface area contributed by atoms with Gasteiger partial charge in [0.25, 0.3) is 0 Å². The van der Waals surface area contributed by atoms with Crippen molar-refractivity contribution in [3.63, 3.8) is 0 Å². The Labute approximate surface area is 116 Å². The molecule has 0 atom stereocenters. The van der Waals surface area contributed by atoms with Crippen molar-refractivity contribution in [1.82, 2.24) is 4.98 Å². The first-order valence-corrected chi connectivity index (χ1v) is 6.96. The number of thiazole rings is 1. The topological polar surface area (TPSA) is 16.1 Å². The van der Waals surface area contributed by atoms with Gasteiger partial charge in [-0.25, -0.2) is 4.98 Å². The van der Waals surface area contributed by atoms with Crippen LogP contribution in [0.3, 0.4) is 0 Å². The van der Waals surface area contributed by atoms with Crippen molar-refractivity contribution in [2.24, 2.45) is 0 Å². The third kappa shape index (κ3) is 2.66. The molecule has 1 aromatic heterocycles. The lowest BCUT2D eigenvalue weighted by atomic mass is 10.3. The predicted molar refractivity (Wildman–Crippen MR) is 83.5 cm³/mol. The standard InChI is InChI=1S/C16H14N2S/c1-18(13-7-3-2-4-8-13)12-11-16-17-14-9-5-6-10-15(14)19-16/h2-12H,1H3. The van der Waals surface area contributed by atoms with Crippen molar-refractivity contribution in [2.75, 3.05) is 11.9 Å². The Kier molecular flexibility index (Phi) is 3.29. The van der Waals surface area contributed by atoms with Crippen LogP contribution >= 0.6 is 11.3 Å². The van der Waals surface area contributed by atoms with E-state index in [2.05, 4.69) is 34.2 Å². The SMILES string of the molecule is CN(C=Cc1nc2ccccc2s1)c1ccccc1. The van der Waals surface area contributed by atoms with Crippen LogP contribution in [0, 0.1) is 0 Å². The maximum absolute atomic E-state index is 4.58. The number of rotatable bonds is 3. The second-order valence-corrected chi connectivity index (χ2v) is 5.34. The first-order valence-electron chi connectivity index (χ1n) is 6.14. The molecule has 0 aliphatic carbocycles. The number of hydrogen-bond donors (Lipinski definition) is 0. The molecular weight excluding hydrogens is 252 g/mol. The van der Waals surface area contributed by atoms with E-state index in [0.717, 1.165) is 10.5 Å². The van der Waals surface area contributed by atoms with Gasteiger partial charge >= 0.3 is 0 Å². The van der Waals surface area contributed by atoms with Gasteiger partial charge in [-0.3, -0.25) is 0 Å². The Morgan fingerprint density at radius 3 is 2.53 bits per heavy atom. The van der Waals surface area contributed by atoms with E-state index in [4.69, 9.17) is 0 Å². The van der Waals surface area contributed by atoms with E-state index in [0.29, 0.717) is 0 Å². The molecule has 0 bridgehead atoms. The van der Waals surface area contributed by atoms with E-state index in [1.165, 1.54) is 10.4 Å². The summed E-state index contributed by atoms with van der Waals surface area (Å²) in [7, 11) is 2.04. The van der Waals surface area contributed by atoms with E-state index in [1.54, 1.807) is 11.3 Å². The molecule has 0 radical (unpaired) electrons. The van der Waals surface area contributed by atoms with Gasteiger partial charge in [0.1, 0.15) is 5.01 Å². The summed E-state index contributed by atoms with van der Waals surface area (Å²) in [5.41, 5.74) is 2.23. The van der Waals surface area contributed by atoms with E-state index >= 15 is 0 Å². The molecule has 0 saturated carbocycles. The van der Waals surface area contributed by atoms with Crippen LogP contribution in [-0.4, -0.2) is 12.0 Å². The zero-order chi connectivity index (χ0) is 13.1. The molecule has 19 heavy (non-hydrogen) atoms. The Morgan fingerprint density at radius 1 is 1.00 bits per heavy atom. The maximum atomic E-state index is 4.58. The van der Waals surface area contributed by atoms with Gasteiger partial charge in [0.15, 0.2) is 0 Å². The molecule has 0 amide bonds. The third-order valence-corrected chi connectivity index (χ3v) is 3.92. The molecule has 1 heterocycles. The molecule has 94 valence electrons. The average Bonchev–Trinajstić information content (AvgIpc) is 2.88. The molecule has 3 rings (SSSR count). The number of hydrogen-bond acceptors (Lipinski definition) is 3. The summed E-state index contributed by atoms with van der Waals surface area (Å²) in [5, 5.41) is 1.03. The third-order valence-electron chi connectivity index (χ3n) is 2.91. The summed E-state index contributed by atoms with van der Waals surface area (Å²) in [4.78, 5) is 6.67. The van der Waals surface area contributed by atoms with Crippen LogP contribution in [-0.2, 0) is 0 Å². The second kappa shape index (κ2) is 5.24. The lowest BCUT2D eigenvalue weighted by molar-refractivity contribution is 1.21. The average molecular weight is 266 g/mol. The van der Waals surface area contributed by atoms with Crippen LogP contribution in [0.4, 0.5) is 5.69 Å². The number of anilines is 1. The first-order chi connectivity index (χ1) is 9.33. The highest BCUT2D eigenvalue weighted by Crippen LogP contribution is 2.22. The number of para-hydroxylation sites is 2. The molecule has 3 aromatic rings. The minimum Gasteiger partial charge on any atom is -0.351 e.